The molecule has 3 aromatic heterocycles. The highest BCUT2D eigenvalue weighted by Crippen LogP contribution is 2.33. The van der Waals surface area contributed by atoms with Gasteiger partial charge in [0.1, 0.15) is 11.6 Å². The van der Waals surface area contributed by atoms with Crippen LogP contribution in [0.2, 0.25) is 0 Å². The van der Waals surface area contributed by atoms with E-state index in [2.05, 4.69) is 36.2 Å². The van der Waals surface area contributed by atoms with Gasteiger partial charge in [0.05, 0.1) is 15.4 Å². The second kappa shape index (κ2) is 6.73. The molecule has 9 heteroatoms. The quantitative estimate of drug-likeness (QED) is 0.446. The van der Waals surface area contributed by atoms with E-state index in [1.54, 1.807) is 32.3 Å². The monoisotopic (exact) mass is 449 g/mol. The summed E-state index contributed by atoms with van der Waals surface area (Å²) in [6.45, 7) is 3.56. The Labute approximate surface area is 166 Å². The molecule has 0 aliphatic rings. The lowest BCUT2D eigenvalue weighted by Crippen LogP contribution is -2.12. The number of halogens is 4. The number of hydrogen-bond donors (Lipinski definition) is 1. The lowest BCUT2D eigenvalue weighted by Gasteiger charge is -2.18. The molecule has 0 radical (unpaired) electrons. The SMILES string of the molecule is Cc1nc(N[C@H](C)c2cccc(C(F)(F)F)c2)c2cc(Br)c3nccn3c2n1. The van der Waals surface area contributed by atoms with E-state index in [0.29, 0.717) is 22.9 Å². The molecule has 0 saturated carbocycles. The average molecular weight is 450 g/mol. The summed E-state index contributed by atoms with van der Waals surface area (Å²) < 4.78 is 41.7. The molecule has 0 aliphatic heterocycles. The van der Waals surface area contributed by atoms with Gasteiger partial charge in [-0.3, -0.25) is 4.40 Å². The van der Waals surface area contributed by atoms with Crippen LogP contribution in [-0.4, -0.2) is 19.4 Å². The van der Waals surface area contributed by atoms with Crippen molar-refractivity contribution in [3.05, 3.63) is 64.1 Å². The lowest BCUT2D eigenvalue weighted by atomic mass is 10.0. The third-order valence-electron chi connectivity index (χ3n) is 4.46. The van der Waals surface area contributed by atoms with Crippen molar-refractivity contribution in [1.82, 2.24) is 19.4 Å². The number of aromatic nitrogens is 4. The summed E-state index contributed by atoms with van der Waals surface area (Å²) in [6, 6.07) is 6.75. The maximum Gasteiger partial charge on any atom is 0.416 e. The third kappa shape index (κ3) is 3.30. The number of rotatable bonds is 3. The summed E-state index contributed by atoms with van der Waals surface area (Å²) in [5.41, 5.74) is 1.23. The maximum absolute atomic E-state index is 13.0. The van der Waals surface area contributed by atoms with Crippen LogP contribution >= 0.6 is 15.9 Å². The zero-order valence-corrected chi connectivity index (χ0v) is 16.5. The van der Waals surface area contributed by atoms with Gasteiger partial charge >= 0.3 is 6.18 Å². The molecular weight excluding hydrogens is 435 g/mol. The molecule has 4 rings (SSSR count). The fraction of sp³-hybridized carbons (Fsp3) is 0.211. The van der Waals surface area contributed by atoms with Crippen LogP contribution in [0.1, 0.15) is 29.9 Å². The zero-order chi connectivity index (χ0) is 20.1. The Balaban J connectivity index is 1.79. The van der Waals surface area contributed by atoms with Crippen molar-refractivity contribution in [2.24, 2.45) is 0 Å². The van der Waals surface area contributed by atoms with E-state index in [0.717, 1.165) is 27.6 Å². The molecule has 0 amide bonds. The molecule has 28 heavy (non-hydrogen) atoms. The van der Waals surface area contributed by atoms with Crippen LogP contribution in [0, 0.1) is 6.92 Å². The first-order chi connectivity index (χ1) is 13.2. The predicted octanol–water partition coefficient (Wildman–Crippen LogP) is 5.54. The van der Waals surface area contributed by atoms with E-state index in [1.165, 1.54) is 6.07 Å². The molecule has 1 N–H and O–H groups in total. The highest BCUT2D eigenvalue weighted by Gasteiger charge is 2.30. The molecule has 3 heterocycles. The van der Waals surface area contributed by atoms with E-state index in [1.807, 2.05) is 10.5 Å². The van der Waals surface area contributed by atoms with Gasteiger partial charge in [-0.2, -0.15) is 13.2 Å². The maximum atomic E-state index is 13.0. The molecule has 4 aromatic rings. The Kier molecular flexibility index (Phi) is 4.49. The van der Waals surface area contributed by atoms with Gasteiger partial charge in [-0.05, 0) is 53.5 Å². The smallest absolute Gasteiger partial charge is 0.363 e. The molecule has 1 aromatic carbocycles. The summed E-state index contributed by atoms with van der Waals surface area (Å²) in [7, 11) is 0. The Bertz CT molecular complexity index is 1190. The number of aryl methyl sites for hydroxylation is 1. The largest absolute Gasteiger partial charge is 0.416 e. The first-order valence-corrected chi connectivity index (χ1v) is 9.27. The number of imidazole rings is 1. The average Bonchev–Trinajstić information content (AvgIpc) is 3.13. The number of fused-ring (bicyclic) bond motifs is 3. The number of nitrogens with zero attached hydrogens (tertiary/aromatic N) is 4. The molecule has 0 aliphatic carbocycles. The molecule has 0 spiro atoms. The van der Waals surface area contributed by atoms with Crippen LogP contribution in [0.25, 0.3) is 16.7 Å². The van der Waals surface area contributed by atoms with E-state index >= 15 is 0 Å². The summed E-state index contributed by atoms with van der Waals surface area (Å²) in [5, 5.41) is 3.97. The minimum absolute atomic E-state index is 0.392. The van der Waals surface area contributed by atoms with Crippen molar-refractivity contribution in [2.45, 2.75) is 26.1 Å². The van der Waals surface area contributed by atoms with Gasteiger partial charge in [0, 0.05) is 18.4 Å². The molecule has 0 fully saturated rings. The Morgan fingerprint density at radius 1 is 1.14 bits per heavy atom. The van der Waals surface area contributed by atoms with Crippen molar-refractivity contribution in [1.29, 1.82) is 0 Å². The molecule has 0 saturated heterocycles. The normalized spacial score (nSPS) is 13.2. The van der Waals surface area contributed by atoms with Crippen LogP contribution in [0.15, 0.2) is 47.2 Å². The zero-order valence-electron chi connectivity index (χ0n) is 14.9. The molecule has 1 atom stereocenters. The molecule has 5 nitrogen and oxygen atoms in total. The van der Waals surface area contributed by atoms with Gasteiger partial charge in [-0.1, -0.05) is 12.1 Å². The van der Waals surface area contributed by atoms with E-state index < -0.39 is 17.8 Å². The fourth-order valence-electron chi connectivity index (χ4n) is 3.11. The van der Waals surface area contributed by atoms with Gasteiger partial charge in [-0.25, -0.2) is 15.0 Å². The second-order valence-electron chi connectivity index (χ2n) is 6.46. The summed E-state index contributed by atoms with van der Waals surface area (Å²) in [6.07, 6.45) is -0.907. The Hall–Kier alpha value is -2.68. The van der Waals surface area contributed by atoms with E-state index in [-0.39, 0.29) is 0 Å². The first kappa shape index (κ1) is 18.7. The van der Waals surface area contributed by atoms with Crippen LogP contribution in [0.5, 0.6) is 0 Å². The third-order valence-corrected chi connectivity index (χ3v) is 5.04. The number of benzene rings is 1. The minimum Gasteiger partial charge on any atom is -0.363 e. The van der Waals surface area contributed by atoms with Gasteiger partial charge < -0.3 is 5.32 Å². The van der Waals surface area contributed by atoms with Crippen molar-refractivity contribution in [3.63, 3.8) is 0 Å². The number of hydrogen-bond acceptors (Lipinski definition) is 4. The summed E-state index contributed by atoms with van der Waals surface area (Å²) in [4.78, 5) is 13.3. The predicted molar refractivity (Wildman–Crippen MR) is 104 cm³/mol. The van der Waals surface area contributed by atoms with Crippen LogP contribution in [0.3, 0.4) is 0 Å². The minimum atomic E-state index is -4.38. The van der Waals surface area contributed by atoms with Crippen molar-refractivity contribution >= 4 is 38.4 Å². The van der Waals surface area contributed by atoms with Crippen molar-refractivity contribution < 1.29 is 13.2 Å². The summed E-state index contributed by atoms with van der Waals surface area (Å²) >= 11 is 3.50. The van der Waals surface area contributed by atoms with Gasteiger partial charge in [0.15, 0.2) is 11.3 Å². The first-order valence-electron chi connectivity index (χ1n) is 8.47. The molecular formula is C19H15BrF3N5. The van der Waals surface area contributed by atoms with Crippen LogP contribution in [-0.2, 0) is 6.18 Å². The second-order valence-corrected chi connectivity index (χ2v) is 7.31. The Morgan fingerprint density at radius 3 is 2.68 bits per heavy atom. The highest BCUT2D eigenvalue weighted by atomic mass is 79.9. The fourth-order valence-corrected chi connectivity index (χ4v) is 3.63. The standard InChI is InChI=1S/C19H15BrF3N5/c1-10(12-4-3-5-13(8-12)19(21,22)23)25-16-14-9-15(20)18-24-6-7-28(18)17(14)27-11(2)26-16/h3-10H,1-2H3,(H,25,26,27)/t10-/m1/s1. The number of anilines is 1. The van der Waals surface area contributed by atoms with Crippen LogP contribution in [0.4, 0.5) is 19.0 Å². The van der Waals surface area contributed by atoms with Gasteiger partial charge in [-0.15, -0.1) is 0 Å². The van der Waals surface area contributed by atoms with Gasteiger partial charge in [0.25, 0.3) is 0 Å². The van der Waals surface area contributed by atoms with Crippen molar-refractivity contribution in [2.75, 3.05) is 5.32 Å². The number of pyridine rings is 1. The molecule has 144 valence electrons. The van der Waals surface area contributed by atoms with E-state index in [4.69, 9.17) is 0 Å². The lowest BCUT2D eigenvalue weighted by molar-refractivity contribution is -0.137. The van der Waals surface area contributed by atoms with E-state index in [9.17, 15) is 13.2 Å². The Morgan fingerprint density at radius 2 is 1.93 bits per heavy atom. The highest BCUT2D eigenvalue weighted by molar-refractivity contribution is 9.10. The van der Waals surface area contributed by atoms with Crippen molar-refractivity contribution in [3.8, 4) is 0 Å². The summed E-state index contributed by atoms with van der Waals surface area (Å²) in [5.74, 6) is 1.09. The topological polar surface area (TPSA) is 55.1 Å². The van der Waals surface area contributed by atoms with Gasteiger partial charge in [0.2, 0.25) is 0 Å². The van der Waals surface area contributed by atoms with Crippen LogP contribution < -0.4 is 5.32 Å². The molecule has 0 bridgehead atoms. The number of nitrogens with one attached hydrogen (secondary N) is 1. The molecule has 0 unspecified atom stereocenters. The number of alkyl halides is 3.